The van der Waals surface area contributed by atoms with Crippen molar-refractivity contribution in [2.24, 2.45) is 0 Å². The first kappa shape index (κ1) is 19.0. The minimum absolute atomic E-state index is 0.0747. The number of hydrogen-bond donors (Lipinski definition) is 1. The molecule has 3 rings (SSSR count). The minimum Gasteiger partial charge on any atom is -0.378 e. The number of nitro benzene ring substituents is 1. The van der Waals surface area contributed by atoms with E-state index in [4.69, 9.17) is 16.4 Å². The summed E-state index contributed by atoms with van der Waals surface area (Å²) in [7, 11) is -4.47. The van der Waals surface area contributed by atoms with Crippen molar-refractivity contribution >= 4 is 56.1 Å². The van der Waals surface area contributed by atoms with Crippen LogP contribution in [0.5, 0.6) is 5.75 Å². The van der Waals surface area contributed by atoms with Crippen LogP contribution in [0.2, 0.25) is 0 Å². The Morgan fingerprint density at radius 3 is 2.48 bits per heavy atom. The SMILES string of the molecule is O=C1NC(=S)S/C1=C/c1ccccc1OS(=O)(=O)c1ccccc1[N+](=O)[O-]. The van der Waals surface area contributed by atoms with Gasteiger partial charge in [0.2, 0.25) is 0 Å². The van der Waals surface area contributed by atoms with Gasteiger partial charge in [-0.25, -0.2) is 0 Å². The molecule has 1 amide bonds. The first-order chi connectivity index (χ1) is 12.8. The number of hydrogen-bond acceptors (Lipinski definition) is 8. The molecule has 0 saturated carbocycles. The summed E-state index contributed by atoms with van der Waals surface area (Å²) in [6.07, 6.45) is 1.43. The monoisotopic (exact) mass is 422 g/mol. The molecular formula is C16H10N2O6S3. The van der Waals surface area contributed by atoms with Gasteiger partial charge in [0.05, 0.1) is 9.83 Å². The van der Waals surface area contributed by atoms with E-state index in [0.717, 1.165) is 23.9 Å². The molecule has 1 fully saturated rings. The molecule has 138 valence electrons. The number of nitro groups is 1. The summed E-state index contributed by atoms with van der Waals surface area (Å²) in [6.45, 7) is 0. The molecular weight excluding hydrogens is 412 g/mol. The number of thiocarbonyl (C=S) groups is 1. The maximum atomic E-state index is 12.6. The fourth-order valence-electron chi connectivity index (χ4n) is 2.22. The number of nitrogens with one attached hydrogen (secondary N) is 1. The van der Waals surface area contributed by atoms with Crippen LogP contribution in [0.4, 0.5) is 5.69 Å². The van der Waals surface area contributed by atoms with Crippen LogP contribution in [-0.2, 0) is 14.9 Å². The predicted octanol–water partition coefficient (Wildman–Crippen LogP) is 2.85. The van der Waals surface area contributed by atoms with Gasteiger partial charge in [-0.1, -0.05) is 54.3 Å². The van der Waals surface area contributed by atoms with Crippen molar-refractivity contribution in [3.63, 3.8) is 0 Å². The van der Waals surface area contributed by atoms with Gasteiger partial charge in [-0.15, -0.1) is 0 Å². The van der Waals surface area contributed by atoms with Crippen molar-refractivity contribution in [2.75, 3.05) is 0 Å². The number of rotatable bonds is 5. The Kier molecular flexibility index (Phi) is 5.26. The Bertz CT molecular complexity index is 1090. The van der Waals surface area contributed by atoms with Crippen LogP contribution in [-0.4, -0.2) is 23.6 Å². The molecule has 0 aliphatic carbocycles. The van der Waals surface area contributed by atoms with Crippen LogP contribution in [0.15, 0.2) is 58.3 Å². The molecule has 0 atom stereocenters. The van der Waals surface area contributed by atoms with Crippen molar-refractivity contribution < 1.29 is 22.3 Å². The molecule has 0 bridgehead atoms. The van der Waals surface area contributed by atoms with E-state index in [2.05, 4.69) is 5.32 Å². The van der Waals surface area contributed by atoms with Gasteiger partial charge in [-0.2, -0.15) is 8.42 Å². The summed E-state index contributed by atoms with van der Waals surface area (Å²) in [6, 6.07) is 11.0. The van der Waals surface area contributed by atoms with Crippen molar-refractivity contribution in [3.05, 3.63) is 69.1 Å². The van der Waals surface area contributed by atoms with E-state index < -0.39 is 31.5 Å². The van der Waals surface area contributed by atoms with Crippen LogP contribution >= 0.6 is 24.0 Å². The van der Waals surface area contributed by atoms with Gasteiger partial charge in [-0.3, -0.25) is 14.9 Å². The van der Waals surface area contributed by atoms with Gasteiger partial charge in [0.15, 0.2) is 4.90 Å². The zero-order chi connectivity index (χ0) is 19.6. The Morgan fingerprint density at radius 1 is 1.15 bits per heavy atom. The molecule has 1 saturated heterocycles. The van der Waals surface area contributed by atoms with Crippen molar-refractivity contribution in [1.29, 1.82) is 0 Å². The van der Waals surface area contributed by atoms with E-state index in [9.17, 15) is 23.3 Å². The first-order valence-corrected chi connectivity index (χ1v) is 9.93. The Hall–Kier alpha value is -2.76. The summed E-state index contributed by atoms with van der Waals surface area (Å²) < 4.78 is 30.6. The largest absolute Gasteiger partial charge is 0.378 e. The molecule has 2 aromatic rings. The average molecular weight is 422 g/mol. The maximum Gasteiger partial charge on any atom is 0.346 e. The van der Waals surface area contributed by atoms with E-state index in [-0.39, 0.29) is 15.0 Å². The quantitative estimate of drug-likeness (QED) is 0.257. The second-order valence-electron chi connectivity index (χ2n) is 5.15. The lowest BCUT2D eigenvalue weighted by Crippen LogP contribution is -2.17. The van der Waals surface area contributed by atoms with E-state index in [1.807, 2.05) is 0 Å². The lowest BCUT2D eigenvalue weighted by atomic mass is 10.2. The highest BCUT2D eigenvalue weighted by molar-refractivity contribution is 8.26. The predicted molar refractivity (Wildman–Crippen MR) is 104 cm³/mol. The maximum absolute atomic E-state index is 12.6. The number of amides is 1. The summed E-state index contributed by atoms with van der Waals surface area (Å²) >= 11 is 5.95. The van der Waals surface area contributed by atoms with Gasteiger partial charge >= 0.3 is 10.1 Å². The molecule has 8 nitrogen and oxygen atoms in total. The molecule has 0 unspecified atom stereocenters. The fourth-order valence-corrected chi connectivity index (χ4v) is 4.38. The van der Waals surface area contributed by atoms with Gasteiger partial charge in [0.25, 0.3) is 11.6 Å². The number of para-hydroxylation sites is 2. The first-order valence-electron chi connectivity index (χ1n) is 7.30. The molecule has 1 aliphatic rings. The number of carbonyl (C=O) groups is 1. The number of nitrogens with zero attached hydrogens (tertiary/aromatic N) is 1. The molecule has 0 spiro atoms. The highest BCUT2D eigenvalue weighted by Crippen LogP contribution is 2.32. The summed E-state index contributed by atoms with van der Waals surface area (Å²) in [5.41, 5.74) is -0.286. The van der Waals surface area contributed by atoms with Crippen molar-refractivity contribution in [1.82, 2.24) is 5.32 Å². The van der Waals surface area contributed by atoms with E-state index in [1.54, 1.807) is 18.2 Å². The van der Waals surface area contributed by atoms with Crippen LogP contribution < -0.4 is 9.50 Å². The van der Waals surface area contributed by atoms with E-state index in [0.29, 0.717) is 5.56 Å². The smallest absolute Gasteiger partial charge is 0.346 e. The molecule has 1 N–H and O–H groups in total. The van der Waals surface area contributed by atoms with Crippen LogP contribution in [0.1, 0.15) is 5.56 Å². The normalized spacial score (nSPS) is 15.6. The standard InChI is InChI=1S/C16H10N2O6S3/c19-15-13(26-16(25)17-15)9-10-5-1-3-7-12(10)24-27(22,23)14-8-4-2-6-11(14)18(20)21/h1-9H,(H,17,19,25)/b13-9+. The molecule has 0 radical (unpaired) electrons. The number of benzene rings is 2. The zero-order valence-corrected chi connectivity index (χ0v) is 15.8. The van der Waals surface area contributed by atoms with Gasteiger partial charge in [0.1, 0.15) is 10.1 Å². The topological polar surface area (TPSA) is 116 Å². The summed E-state index contributed by atoms with van der Waals surface area (Å²) in [4.78, 5) is 21.8. The van der Waals surface area contributed by atoms with E-state index >= 15 is 0 Å². The van der Waals surface area contributed by atoms with Crippen LogP contribution in [0.3, 0.4) is 0 Å². The Labute approximate surface area is 163 Å². The van der Waals surface area contributed by atoms with Gasteiger partial charge in [-0.05, 0) is 18.2 Å². The highest BCUT2D eigenvalue weighted by Gasteiger charge is 2.28. The molecule has 11 heteroatoms. The second kappa shape index (κ2) is 7.47. The molecule has 0 aromatic heterocycles. The molecule has 1 heterocycles. The lowest BCUT2D eigenvalue weighted by molar-refractivity contribution is -0.387. The van der Waals surface area contributed by atoms with Crippen molar-refractivity contribution in [2.45, 2.75) is 4.90 Å². The molecule has 2 aromatic carbocycles. The Balaban J connectivity index is 2.00. The van der Waals surface area contributed by atoms with Crippen LogP contribution in [0, 0.1) is 10.1 Å². The number of carbonyl (C=O) groups excluding carboxylic acids is 1. The zero-order valence-electron chi connectivity index (χ0n) is 13.3. The summed E-state index contributed by atoms with van der Waals surface area (Å²) in [5, 5.41) is 13.6. The van der Waals surface area contributed by atoms with Gasteiger partial charge < -0.3 is 9.50 Å². The highest BCUT2D eigenvalue weighted by atomic mass is 32.2. The Morgan fingerprint density at radius 2 is 1.81 bits per heavy atom. The van der Waals surface area contributed by atoms with Gasteiger partial charge in [0, 0.05) is 11.6 Å². The minimum atomic E-state index is -4.47. The second-order valence-corrected chi connectivity index (χ2v) is 8.39. The van der Waals surface area contributed by atoms with Crippen molar-refractivity contribution in [3.8, 4) is 5.75 Å². The summed E-state index contributed by atoms with van der Waals surface area (Å²) in [5.74, 6) is -0.476. The molecule has 1 aliphatic heterocycles. The van der Waals surface area contributed by atoms with E-state index in [1.165, 1.54) is 24.3 Å². The average Bonchev–Trinajstić information content (AvgIpc) is 2.93. The third-order valence-electron chi connectivity index (χ3n) is 3.38. The third kappa shape index (κ3) is 4.15. The fraction of sp³-hybridized carbons (Fsp3) is 0. The lowest BCUT2D eigenvalue weighted by Gasteiger charge is -2.10. The molecule has 27 heavy (non-hydrogen) atoms. The van der Waals surface area contributed by atoms with Crippen LogP contribution in [0.25, 0.3) is 6.08 Å². The third-order valence-corrected chi connectivity index (χ3v) is 5.82. The number of thioether (sulfide) groups is 1.